The van der Waals surface area contributed by atoms with Crippen molar-refractivity contribution in [3.05, 3.63) is 30.3 Å². The van der Waals surface area contributed by atoms with Crippen LogP contribution in [0.25, 0.3) is 0 Å². The Morgan fingerprint density at radius 1 is 1.29 bits per heavy atom. The van der Waals surface area contributed by atoms with Gasteiger partial charge in [-0.1, -0.05) is 18.2 Å². The minimum absolute atomic E-state index is 0.319. The summed E-state index contributed by atoms with van der Waals surface area (Å²) < 4.78 is 20.8. The van der Waals surface area contributed by atoms with E-state index in [-0.39, 0.29) is 6.10 Å². The van der Waals surface area contributed by atoms with Crippen molar-refractivity contribution in [2.24, 2.45) is 0 Å². The van der Waals surface area contributed by atoms with Gasteiger partial charge in [-0.3, -0.25) is 9.42 Å². The molecule has 0 bridgehead atoms. The molecule has 0 spiro atoms. The van der Waals surface area contributed by atoms with Crippen LogP contribution in [-0.2, 0) is 9.09 Å². The van der Waals surface area contributed by atoms with Crippen molar-refractivity contribution in [1.82, 2.24) is 0 Å². The molecule has 0 saturated heterocycles. The van der Waals surface area contributed by atoms with E-state index in [4.69, 9.17) is 9.05 Å². The fourth-order valence-corrected chi connectivity index (χ4v) is 1.87. The molecular formula is C9H13O4P. The molecule has 78 valence electrons. The minimum Gasteiger partial charge on any atom is -0.404 e. The maximum Gasteiger partial charge on any atom is 0.527 e. The molecule has 1 N–H and O–H groups in total. The maximum atomic E-state index is 11.3. The number of rotatable bonds is 4. The normalized spacial score (nSPS) is 15.1. The lowest BCUT2D eigenvalue weighted by atomic mass is 10.3. The molecule has 0 aromatic heterocycles. The van der Waals surface area contributed by atoms with Crippen molar-refractivity contribution in [3.8, 4) is 5.75 Å². The second-order valence-electron chi connectivity index (χ2n) is 3.03. The number of para-hydroxylation sites is 1. The molecular weight excluding hydrogens is 206 g/mol. The highest BCUT2D eigenvalue weighted by Crippen LogP contribution is 2.44. The lowest BCUT2D eigenvalue weighted by molar-refractivity contribution is 0.161. The Labute approximate surface area is 83.1 Å². The van der Waals surface area contributed by atoms with Gasteiger partial charge in [0.25, 0.3) is 0 Å². The summed E-state index contributed by atoms with van der Waals surface area (Å²) in [4.78, 5) is 9.25. The molecule has 0 saturated carbocycles. The van der Waals surface area contributed by atoms with Gasteiger partial charge in [0.1, 0.15) is 5.75 Å². The Morgan fingerprint density at radius 3 is 2.36 bits per heavy atom. The number of hydrogen-bond donors (Lipinski definition) is 1. The molecule has 4 nitrogen and oxygen atoms in total. The predicted octanol–water partition coefficient (Wildman–Crippen LogP) is 2.59. The highest BCUT2D eigenvalue weighted by molar-refractivity contribution is 7.47. The fourth-order valence-electron chi connectivity index (χ4n) is 0.902. The Kier molecular flexibility index (Phi) is 3.69. The van der Waals surface area contributed by atoms with E-state index in [1.165, 1.54) is 0 Å². The Bertz CT molecular complexity index is 323. The van der Waals surface area contributed by atoms with Crippen LogP contribution in [0.1, 0.15) is 13.8 Å². The Balaban J connectivity index is 2.64. The molecule has 0 aliphatic carbocycles. The third kappa shape index (κ3) is 3.92. The lowest BCUT2D eigenvalue weighted by Gasteiger charge is -2.14. The van der Waals surface area contributed by atoms with Crippen LogP contribution in [-0.4, -0.2) is 11.0 Å². The van der Waals surface area contributed by atoms with Gasteiger partial charge in [-0.25, -0.2) is 4.57 Å². The van der Waals surface area contributed by atoms with Gasteiger partial charge in [0.05, 0.1) is 6.10 Å². The highest BCUT2D eigenvalue weighted by atomic mass is 31.2. The van der Waals surface area contributed by atoms with E-state index < -0.39 is 7.82 Å². The van der Waals surface area contributed by atoms with Crippen molar-refractivity contribution in [2.45, 2.75) is 20.0 Å². The SMILES string of the molecule is [13CH3][13CH]([13CH3])OP(=O)(O)Oc1ccccc1. The molecule has 0 aliphatic heterocycles. The van der Waals surface area contributed by atoms with Crippen LogP contribution in [0.4, 0.5) is 0 Å². The van der Waals surface area contributed by atoms with E-state index in [9.17, 15) is 9.46 Å². The zero-order valence-electron chi connectivity index (χ0n) is 8.08. The summed E-state index contributed by atoms with van der Waals surface area (Å²) in [5, 5.41) is 0. The molecule has 0 fully saturated rings. The second-order valence-corrected chi connectivity index (χ2v) is 4.36. The van der Waals surface area contributed by atoms with Gasteiger partial charge >= 0.3 is 7.82 Å². The van der Waals surface area contributed by atoms with Gasteiger partial charge in [-0.15, -0.1) is 0 Å². The first-order valence-electron chi connectivity index (χ1n) is 4.25. The van der Waals surface area contributed by atoms with Crippen LogP contribution >= 0.6 is 7.82 Å². The summed E-state index contributed by atoms with van der Waals surface area (Å²) in [6.45, 7) is 3.33. The molecule has 0 heterocycles. The van der Waals surface area contributed by atoms with Crippen LogP contribution in [0, 0.1) is 0 Å². The molecule has 1 aromatic carbocycles. The topological polar surface area (TPSA) is 55.8 Å². The zero-order valence-corrected chi connectivity index (χ0v) is 8.98. The monoisotopic (exact) mass is 219 g/mol. The molecule has 0 amide bonds. The number of phosphoric ester groups is 1. The molecule has 1 atom stereocenters. The summed E-state index contributed by atoms with van der Waals surface area (Å²) in [5.41, 5.74) is 0. The van der Waals surface area contributed by atoms with Crippen LogP contribution in [0.5, 0.6) is 5.75 Å². The van der Waals surface area contributed by atoms with Gasteiger partial charge in [-0.2, -0.15) is 0 Å². The number of phosphoric acid groups is 1. The Hall–Kier alpha value is -0.830. The first kappa shape index (κ1) is 11.2. The molecule has 5 heteroatoms. The summed E-state index contributed by atoms with van der Waals surface area (Å²) in [6.07, 6.45) is -0.352. The van der Waals surface area contributed by atoms with Crippen LogP contribution in [0.2, 0.25) is 0 Å². The fraction of sp³-hybridized carbons (Fsp3) is 0.333. The third-order valence-electron chi connectivity index (χ3n) is 1.31. The van der Waals surface area contributed by atoms with Crippen molar-refractivity contribution in [1.29, 1.82) is 0 Å². The van der Waals surface area contributed by atoms with Gasteiger partial charge in [0.2, 0.25) is 0 Å². The summed E-state index contributed by atoms with van der Waals surface area (Å²) in [6, 6.07) is 8.40. The second kappa shape index (κ2) is 4.60. The summed E-state index contributed by atoms with van der Waals surface area (Å²) in [7, 11) is -3.97. The molecule has 0 radical (unpaired) electrons. The highest BCUT2D eigenvalue weighted by Gasteiger charge is 2.24. The third-order valence-corrected chi connectivity index (χ3v) is 2.44. The van der Waals surface area contributed by atoms with E-state index >= 15 is 0 Å². The molecule has 0 aliphatic rings. The van der Waals surface area contributed by atoms with Crippen molar-refractivity contribution < 1.29 is 18.5 Å². The zero-order chi connectivity index (χ0) is 10.6. The maximum absolute atomic E-state index is 11.3. The lowest BCUT2D eigenvalue weighted by Crippen LogP contribution is -2.04. The van der Waals surface area contributed by atoms with Crippen molar-refractivity contribution in [2.75, 3.05) is 0 Å². The first-order valence-corrected chi connectivity index (χ1v) is 5.75. The van der Waals surface area contributed by atoms with Crippen LogP contribution in [0.15, 0.2) is 30.3 Å². The Morgan fingerprint density at radius 2 is 1.86 bits per heavy atom. The van der Waals surface area contributed by atoms with E-state index in [1.54, 1.807) is 44.2 Å². The van der Waals surface area contributed by atoms with Crippen LogP contribution < -0.4 is 4.52 Å². The molecule has 1 aromatic rings. The molecule has 1 rings (SSSR count). The van der Waals surface area contributed by atoms with Gasteiger partial charge in [0, 0.05) is 0 Å². The number of hydrogen-bond acceptors (Lipinski definition) is 3. The summed E-state index contributed by atoms with van der Waals surface area (Å²) >= 11 is 0. The minimum atomic E-state index is -3.97. The molecule has 1 unspecified atom stereocenters. The quantitative estimate of drug-likeness (QED) is 0.624. The number of benzene rings is 1. The largest absolute Gasteiger partial charge is 0.527 e. The average molecular weight is 219 g/mol. The average Bonchev–Trinajstić information content (AvgIpc) is 2.02. The van der Waals surface area contributed by atoms with E-state index in [0.29, 0.717) is 5.75 Å². The van der Waals surface area contributed by atoms with Crippen molar-refractivity contribution in [3.63, 3.8) is 0 Å². The van der Waals surface area contributed by atoms with Gasteiger partial charge in [-0.05, 0) is 26.0 Å². The van der Waals surface area contributed by atoms with Crippen molar-refractivity contribution >= 4 is 7.82 Å². The first-order chi connectivity index (χ1) is 6.49. The molecule has 14 heavy (non-hydrogen) atoms. The van der Waals surface area contributed by atoms with E-state index in [2.05, 4.69) is 0 Å². The predicted molar refractivity (Wildman–Crippen MR) is 53.1 cm³/mol. The van der Waals surface area contributed by atoms with E-state index in [0.717, 1.165) is 0 Å². The smallest absolute Gasteiger partial charge is 0.404 e. The summed E-state index contributed by atoms with van der Waals surface area (Å²) in [5.74, 6) is 0.319. The van der Waals surface area contributed by atoms with E-state index in [1.807, 2.05) is 0 Å². The van der Waals surface area contributed by atoms with Gasteiger partial charge in [0.15, 0.2) is 0 Å². The van der Waals surface area contributed by atoms with Gasteiger partial charge < -0.3 is 4.52 Å². The van der Waals surface area contributed by atoms with Crippen LogP contribution in [0.3, 0.4) is 0 Å². The standard InChI is InChI=1S/C9H13O4P/c1-8(2)12-14(10,11)13-9-6-4-3-5-7-9/h3-8H,1-2H3,(H,10,11)/i1+1,2+1,8+1.